The van der Waals surface area contributed by atoms with Crippen LogP contribution in [-0.4, -0.2) is 12.2 Å². The third kappa shape index (κ3) is 2.34. The van der Waals surface area contributed by atoms with Crippen LogP contribution in [0.5, 0.6) is 0 Å². The molecule has 0 unspecified atom stereocenters. The van der Waals surface area contributed by atoms with Crippen molar-refractivity contribution in [3.63, 3.8) is 0 Å². The number of amides is 1. The Kier molecular flexibility index (Phi) is 2.78. The molecule has 0 bridgehead atoms. The van der Waals surface area contributed by atoms with Crippen LogP contribution in [0.3, 0.4) is 0 Å². The molecule has 0 radical (unpaired) electrons. The molecule has 0 saturated carbocycles. The fourth-order valence-corrected chi connectivity index (χ4v) is 1.08. The highest BCUT2D eigenvalue weighted by molar-refractivity contribution is 5.95. The van der Waals surface area contributed by atoms with Gasteiger partial charge in [0.15, 0.2) is 0 Å². The molecule has 0 heterocycles. The van der Waals surface area contributed by atoms with Gasteiger partial charge in [0.2, 0.25) is 5.91 Å². The van der Waals surface area contributed by atoms with Gasteiger partial charge in [0.05, 0.1) is 11.1 Å². The summed E-state index contributed by atoms with van der Waals surface area (Å²) in [5.41, 5.74) is 2.78. The Morgan fingerprint density at radius 1 is 1.33 bits per heavy atom. The lowest BCUT2D eigenvalue weighted by molar-refractivity contribution is -0.137. The number of aldehydes is 1. The molecule has 1 rings (SSSR count). The zero-order valence-electron chi connectivity index (χ0n) is 7.34. The largest absolute Gasteiger partial charge is 0.417 e. The summed E-state index contributed by atoms with van der Waals surface area (Å²) in [5.74, 6) is -1.18. The van der Waals surface area contributed by atoms with E-state index in [1.807, 2.05) is 0 Å². The first-order chi connectivity index (χ1) is 6.86. The normalized spacial score (nSPS) is 11.1. The van der Waals surface area contributed by atoms with E-state index in [1.54, 1.807) is 0 Å². The number of primary amides is 1. The second kappa shape index (κ2) is 3.72. The van der Waals surface area contributed by atoms with Crippen molar-refractivity contribution in [1.82, 2.24) is 0 Å². The standard InChI is InChI=1S/C9H6F3NO2/c10-9(11,12)7-3-5(4-14)1-2-6(7)8(13)15/h1-4H,(H2,13,15). The van der Waals surface area contributed by atoms with E-state index >= 15 is 0 Å². The molecule has 0 aliphatic carbocycles. The van der Waals surface area contributed by atoms with Crippen LogP contribution >= 0.6 is 0 Å². The Bertz CT molecular complexity index is 412. The summed E-state index contributed by atoms with van der Waals surface area (Å²) in [7, 11) is 0. The summed E-state index contributed by atoms with van der Waals surface area (Å²) in [6.07, 6.45) is -4.44. The molecule has 1 amide bonds. The smallest absolute Gasteiger partial charge is 0.366 e. The van der Waals surface area contributed by atoms with Crippen molar-refractivity contribution in [2.75, 3.05) is 0 Å². The van der Waals surface area contributed by atoms with E-state index in [9.17, 15) is 22.8 Å². The molecule has 0 spiro atoms. The predicted octanol–water partition coefficient (Wildman–Crippen LogP) is 1.62. The Morgan fingerprint density at radius 3 is 2.33 bits per heavy atom. The van der Waals surface area contributed by atoms with E-state index in [1.165, 1.54) is 0 Å². The van der Waals surface area contributed by atoms with Crippen molar-refractivity contribution >= 4 is 12.2 Å². The number of hydrogen-bond acceptors (Lipinski definition) is 2. The van der Waals surface area contributed by atoms with Crippen molar-refractivity contribution in [3.05, 3.63) is 34.9 Å². The van der Waals surface area contributed by atoms with Gasteiger partial charge in [0.25, 0.3) is 0 Å². The molecule has 0 fully saturated rings. The van der Waals surface area contributed by atoms with E-state index in [2.05, 4.69) is 0 Å². The quantitative estimate of drug-likeness (QED) is 0.765. The van der Waals surface area contributed by atoms with Gasteiger partial charge in [0.1, 0.15) is 6.29 Å². The number of hydrogen-bond donors (Lipinski definition) is 1. The summed E-state index contributed by atoms with van der Waals surface area (Å²) < 4.78 is 37.2. The average molecular weight is 217 g/mol. The van der Waals surface area contributed by atoms with Gasteiger partial charge in [-0.1, -0.05) is 6.07 Å². The minimum Gasteiger partial charge on any atom is -0.366 e. The minimum atomic E-state index is -4.70. The fraction of sp³-hybridized carbons (Fsp3) is 0.111. The van der Waals surface area contributed by atoms with Gasteiger partial charge in [-0.05, 0) is 12.1 Å². The number of nitrogens with two attached hydrogens (primary N) is 1. The maximum absolute atomic E-state index is 12.4. The molecule has 0 aliphatic heterocycles. The zero-order valence-corrected chi connectivity index (χ0v) is 7.34. The monoisotopic (exact) mass is 217 g/mol. The summed E-state index contributed by atoms with van der Waals surface area (Å²) in [5, 5.41) is 0. The molecular formula is C9H6F3NO2. The van der Waals surface area contributed by atoms with E-state index in [0.717, 1.165) is 12.1 Å². The summed E-state index contributed by atoms with van der Waals surface area (Å²) in [4.78, 5) is 21.0. The molecule has 3 nitrogen and oxygen atoms in total. The first kappa shape index (κ1) is 11.2. The van der Waals surface area contributed by atoms with Gasteiger partial charge in [-0.15, -0.1) is 0 Å². The predicted molar refractivity (Wildman–Crippen MR) is 45.3 cm³/mol. The number of benzene rings is 1. The summed E-state index contributed by atoms with van der Waals surface area (Å²) in [6, 6.07) is 2.57. The second-order valence-corrected chi connectivity index (χ2v) is 2.78. The SMILES string of the molecule is NC(=O)c1ccc(C=O)cc1C(F)(F)F. The molecule has 0 saturated heterocycles. The van der Waals surface area contributed by atoms with Gasteiger partial charge in [0, 0.05) is 5.56 Å². The van der Waals surface area contributed by atoms with Crippen molar-refractivity contribution in [2.24, 2.45) is 5.73 Å². The second-order valence-electron chi connectivity index (χ2n) is 2.78. The van der Waals surface area contributed by atoms with Crippen molar-refractivity contribution < 1.29 is 22.8 Å². The van der Waals surface area contributed by atoms with Crippen LogP contribution in [0.1, 0.15) is 26.3 Å². The van der Waals surface area contributed by atoms with E-state index in [4.69, 9.17) is 5.73 Å². The lowest BCUT2D eigenvalue weighted by atomic mass is 10.0. The van der Waals surface area contributed by atoms with Gasteiger partial charge >= 0.3 is 6.18 Å². The van der Waals surface area contributed by atoms with Crippen molar-refractivity contribution in [3.8, 4) is 0 Å². The van der Waals surface area contributed by atoms with Crippen LogP contribution in [0.4, 0.5) is 13.2 Å². The average Bonchev–Trinajstić information content (AvgIpc) is 2.15. The molecule has 80 valence electrons. The van der Waals surface area contributed by atoms with E-state index in [0.29, 0.717) is 6.07 Å². The molecule has 0 aromatic heterocycles. The Morgan fingerprint density at radius 2 is 1.93 bits per heavy atom. The molecular weight excluding hydrogens is 211 g/mol. The van der Waals surface area contributed by atoms with Crippen LogP contribution in [0.2, 0.25) is 0 Å². The number of carbonyl (C=O) groups is 2. The highest BCUT2D eigenvalue weighted by atomic mass is 19.4. The number of rotatable bonds is 2. The van der Waals surface area contributed by atoms with Gasteiger partial charge in [-0.25, -0.2) is 0 Å². The first-order valence-corrected chi connectivity index (χ1v) is 3.82. The summed E-state index contributed by atoms with van der Waals surface area (Å²) >= 11 is 0. The highest BCUT2D eigenvalue weighted by Crippen LogP contribution is 2.32. The molecule has 1 aromatic rings. The molecule has 15 heavy (non-hydrogen) atoms. The maximum Gasteiger partial charge on any atom is 0.417 e. The number of alkyl halides is 3. The molecule has 0 aliphatic rings. The molecule has 2 N–H and O–H groups in total. The third-order valence-electron chi connectivity index (χ3n) is 1.75. The Labute approximate surface area is 82.7 Å². The van der Waals surface area contributed by atoms with Crippen molar-refractivity contribution in [2.45, 2.75) is 6.18 Å². The number of halogens is 3. The van der Waals surface area contributed by atoms with Crippen LogP contribution in [0.25, 0.3) is 0 Å². The Hall–Kier alpha value is -1.85. The van der Waals surface area contributed by atoms with E-state index in [-0.39, 0.29) is 11.8 Å². The third-order valence-corrected chi connectivity index (χ3v) is 1.75. The Balaban J connectivity index is 3.42. The van der Waals surface area contributed by atoms with Gasteiger partial charge in [-0.2, -0.15) is 13.2 Å². The minimum absolute atomic E-state index is 0.160. The summed E-state index contributed by atoms with van der Waals surface area (Å²) in [6.45, 7) is 0. The lowest BCUT2D eigenvalue weighted by Crippen LogP contribution is -2.19. The highest BCUT2D eigenvalue weighted by Gasteiger charge is 2.34. The van der Waals surface area contributed by atoms with Crippen LogP contribution in [0.15, 0.2) is 18.2 Å². The van der Waals surface area contributed by atoms with Crippen LogP contribution < -0.4 is 5.73 Å². The molecule has 0 atom stereocenters. The maximum atomic E-state index is 12.4. The molecule has 1 aromatic carbocycles. The van der Waals surface area contributed by atoms with Gasteiger partial charge in [-0.3, -0.25) is 9.59 Å². The van der Waals surface area contributed by atoms with E-state index < -0.39 is 23.2 Å². The van der Waals surface area contributed by atoms with Crippen LogP contribution in [0, 0.1) is 0 Å². The van der Waals surface area contributed by atoms with Crippen LogP contribution in [-0.2, 0) is 6.18 Å². The zero-order chi connectivity index (χ0) is 11.6. The lowest BCUT2D eigenvalue weighted by Gasteiger charge is -2.10. The topological polar surface area (TPSA) is 60.2 Å². The molecule has 6 heteroatoms. The first-order valence-electron chi connectivity index (χ1n) is 3.82. The fourth-order valence-electron chi connectivity index (χ4n) is 1.08. The van der Waals surface area contributed by atoms with Crippen molar-refractivity contribution in [1.29, 1.82) is 0 Å². The van der Waals surface area contributed by atoms with Gasteiger partial charge < -0.3 is 5.73 Å². The number of carbonyl (C=O) groups excluding carboxylic acids is 2.